The van der Waals surface area contributed by atoms with E-state index in [1.807, 2.05) is 30.1 Å². The topological polar surface area (TPSA) is 65.1 Å². The van der Waals surface area contributed by atoms with Crippen LogP contribution in [0.2, 0.25) is 0 Å². The van der Waals surface area contributed by atoms with Gasteiger partial charge in [-0.25, -0.2) is 4.79 Å². The molecule has 0 aliphatic carbocycles. The Balaban J connectivity index is 1.62. The van der Waals surface area contributed by atoms with Crippen molar-refractivity contribution in [3.63, 3.8) is 0 Å². The molecule has 3 rings (SSSR count). The van der Waals surface area contributed by atoms with Crippen LogP contribution in [0.25, 0.3) is 6.08 Å². The first kappa shape index (κ1) is 22.2. The van der Waals surface area contributed by atoms with Crippen molar-refractivity contribution in [1.82, 2.24) is 0 Å². The highest BCUT2D eigenvalue weighted by Crippen LogP contribution is 2.46. The lowest BCUT2D eigenvalue weighted by atomic mass is 9.83. The van der Waals surface area contributed by atoms with E-state index in [2.05, 4.69) is 19.9 Å². The number of carbonyl (C=O) groups is 2. The van der Waals surface area contributed by atoms with E-state index in [0.717, 1.165) is 22.5 Å². The van der Waals surface area contributed by atoms with Gasteiger partial charge in [-0.15, -0.1) is 0 Å². The Morgan fingerprint density at radius 2 is 1.74 bits per heavy atom. The number of benzene rings is 2. The molecule has 0 spiro atoms. The number of carbonyl (C=O) groups excluding carboxylic acids is 2. The zero-order valence-electron chi connectivity index (χ0n) is 18.5. The van der Waals surface area contributed by atoms with E-state index in [9.17, 15) is 9.59 Å². The van der Waals surface area contributed by atoms with Crippen LogP contribution in [0.4, 0.5) is 5.69 Å². The molecule has 1 aliphatic heterocycles. The summed E-state index contributed by atoms with van der Waals surface area (Å²) in [6.45, 7) is 3.83. The van der Waals surface area contributed by atoms with Crippen LogP contribution in [-0.2, 0) is 19.7 Å². The summed E-state index contributed by atoms with van der Waals surface area (Å²) in [6.07, 6.45) is 4.44. The molecule has 6 heteroatoms. The van der Waals surface area contributed by atoms with Crippen molar-refractivity contribution in [3.05, 3.63) is 71.4 Å². The number of allylic oxidation sites excluding steroid dienone is 1. The van der Waals surface area contributed by atoms with Gasteiger partial charge in [-0.05, 0) is 35.4 Å². The molecule has 6 nitrogen and oxygen atoms in total. The molecule has 0 radical (unpaired) electrons. The molecule has 1 aliphatic rings. The fourth-order valence-corrected chi connectivity index (χ4v) is 3.76. The number of fused-ring (bicyclic) bond motifs is 1. The number of ether oxygens (including phenoxy) is 3. The number of methoxy groups -OCH3 is 2. The van der Waals surface area contributed by atoms with Crippen molar-refractivity contribution < 1.29 is 23.8 Å². The van der Waals surface area contributed by atoms with Crippen molar-refractivity contribution in [3.8, 4) is 11.5 Å². The second kappa shape index (κ2) is 9.08. The number of nitrogens with zero attached hydrogens (tertiary/aromatic N) is 1. The number of ketones is 1. The highest BCUT2D eigenvalue weighted by atomic mass is 16.5. The third kappa shape index (κ3) is 4.63. The Morgan fingerprint density at radius 1 is 1.03 bits per heavy atom. The zero-order valence-corrected chi connectivity index (χ0v) is 18.5. The van der Waals surface area contributed by atoms with Crippen LogP contribution in [0.5, 0.6) is 11.5 Å². The molecule has 0 aromatic heterocycles. The first-order valence-corrected chi connectivity index (χ1v) is 9.93. The van der Waals surface area contributed by atoms with Crippen molar-refractivity contribution >= 4 is 23.5 Å². The van der Waals surface area contributed by atoms with Gasteiger partial charge in [0.15, 0.2) is 23.9 Å². The number of rotatable bonds is 7. The summed E-state index contributed by atoms with van der Waals surface area (Å²) >= 11 is 0. The smallest absolute Gasteiger partial charge is 0.331 e. The van der Waals surface area contributed by atoms with Gasteiger partial charge in [0.25, 0.3) is 0 Å². The van der Waals surface area contributed by atoms with Crippen LogP contribution >= 0.6 is 0 Å². The molecule has 0 unspecified atom stereocenters. The lowest BCUT2D eigenvalue weighted by Crippen LogP contribution is -2.25. The van der Waals surface area contributed by atoms with Gasteiger partial charge in [0.1, 0.15) is 0 Å². The largest absolute Gasteiger partial charge is 0.493 e. The second-order valence-corrected chi connectivity index (χ2v) is 7.75. The van der Waals surface area contributed by atoms with Crippen LogP contribution in [0.3, 0.4) is 0 Å². The van der Waals surface area contributed by atoms with E-state index < -0.39 is 5.97 Å². The maximum absolute atomic E-state index is 12.5. The van der Waals surface area contributed by atoms with Crippen molar-refractivity contribution in [2.45, 2.75) is 19.3 Å². The van der Waals surface area contributed by atoms with Gasteiger partial charge in [-0.3, -0.25) is 4.79 Å². The van der Waals surface area contributed by atoms with Crippen LogP contribution < -0.4 is 14.4 Å². The standard InChI is InChI=1S/C25H27NO5/c1-25(2)19-8-6-7-9-20(19)26(3)23(25)15-18(27)16-31-24(28)13-11-17-10-12-21(29-4)22(14-17)30-5/h6-15H,16H2,1-5H3/b13-11+,23-15+. The summed E-state index contributed by atoms with van der Waals surface area (Å²) in [5, 5.41) is 0. The third-order valence-electron chi connectivity index (χ3n) is 5.41. The summed E-state index contributed by atoms with van der Waals surface area (Å²) in [4.78, 5) is 26.5. The van der Waals surface area contributed by atoms with Crippen LogP contribution in [0.1, 0.15) is 25.0 Å². The van der Waals surface area contributed by atoms with Gasteiger partial charge in [0, 0.05) is 36.0 Å². The Bertz CT molecular complexity index is 1050. The molecule has 31 heavy (non-hydrogen) atoms. The van der Waals surface area contributed by atoms with Gasteiger partial charge in [0.2, 0.25) is 0 Å². The Morgan fingerprint density at radius 3 is 2.42 bits per heavy atom. The molecule has 0 saturated heterocycles. The van der Waals surface area contributed by atoms with Crippen molar-refractivity contribution in [2.24, 2.45) is 0 Å². The minimum atomic E-state index is -0.594. The quantitative estimate of drug-likeness (QED) is 0.495. The number of hydrogen-bond acceptors (Lipinski definition) is 6. The average Bonchev–Trinajstić information content (AvgIpc) is 2.96. The lowest BCUT2D eigenvalue weighted by Gasteiger charge is -2.23. The molecule has 162 valence electrons. The normalized spacial score (nSPS) is 15.8. The molecule has 0 saturated carbocycles. The monoisotopic (exact) mass is 421 g/mol. The summed E-state index contributed by atoms with van der Waals surface area (Å²) in [7, 11) is 5.03. The minimum absolute atomic E-state index is 0.268. The van der Waals surface area contributed by atoms with E-state index in [4.69, 9.17) is 14.2 Å². The molecule has 0 N–H and O–H groups in total. The summed E-state index contributed by atoms with van der Waals surface area (Å²) in [5.41, 5.74) is 3.54. The number of esters is 1. The molecular weight excluding hydrogens is 394 g/mol. The fourth-order valence-electron chi connectivity index (χ4n) is 3.76. The number of anilines is 1. The predicted molar refractivity (Wildman–Crippen MR) is 121 cm³/mol. The third-order valence-corrected chi connectivity index (χ3v) is 5.41. The first-order chi connectivity index (χ1) is 14.8. The highest BCUT2D eigenvalue weighted by Gasteiger charge is 2.38. The second-order valence-electron chi connectivity index (χ2n) is 7.75. The van der Waals surface area contributed by atoms with E-state index >= 15 is 0 Å². The van der Waals surface area contributed by atoms with Gasteiger partial charge in [-0.2, -0.15) is 0 Å². The van der Waals surface area contributed by atoms with E-state index in [1.54, 1.807) is 44.6 Å². The molecule has 0 atom stereocenters. The lowest BCUT2D eigenvalue weighted by molar-refractivity contribution is -0.141. The SMILES string of the molecule is COc1ccc(/C=C/C(=O)OCC(=O)/C=C2/N(C)c3ccccc3C2(C)C)cc1OC. The van der Waals surface area contributed by atoms with Gasteiger partial charge < -0.3 is 19.1 Å². The van der Waals surface area contributed by atoms with Crippen molar-refractivity contribution in [2.75, 3.05) is 32.8 Å². The molecule has 0 fully saturated rings. The summed E-state index contributed by atoms with van der Waals surface area (Å²) in [5.74, 6) is 0.298. The predicted octanol–water partition coefficient (Wildman–Crippen LogP) is 4.14. The zero-order chi connectivity index (χ0) is 22.6. The van der Waals surface area contributed by atoms with Crippen LogP contribution in [-0.4, -0.2) is 39.6 Å². The molecular formula is C25H27NO5. The fraction of sp³-hybridized carbons (Fsp3) is 0.280. The Kier molecular flexibility index (Phi) is 6.49. The molecule has 0 amide bonds. The Hall–Kier alpha value is -3.54. The number of hydrogen-bond donors (Lipinski definition) is 0. The van der Waals surface area contributed by atoms with E-state index in [-0.39, 0.29) is 17.8 Å². The first-order valence-electron chi connectivity index (χ1n) is 9.93. The summed E-state index contributed by atoms with van der Waals surface area (Å²) in [6, 6.07) is 13.3. The molecule has 1 heterocycles. The molecule has 0 bridgehead atoms. The minimum Gasteiger partial charge on any atom is -0.493 e. The molecule has 2 aromatic carbocycles. The maximum atomic E-state index is 12.5. The Labute approximate surface area is 182 Å². The number of likely N-dealkylation sites (N-methyl/N-ethyl adjacent to an activating group) is 1. The average molecular weight is 421 g/mol. The van der Waals surface area contributed by atoms with Gasteiger partial charge >= 0.3 is 5.97 Å². The van der Waals surface area contributed by atoms with Crippen LogP contribution in [0, 0.1) is 0 Å². The summed E-state index contributed by atoms with van der Waals surface area (Å²) < 4.78 is 15.6. The molecule has 2 aromatic rings. The van der Waals surface area contributed by atoms with Gasteiger partial charge in [-0.1, -0.05) is 38.1 Å². The van der Waals surface area contributed by atoms with Crippen LogP contribution in [0.15, 0.2) is 60.3 Å². The van der Waals surface area contributed by atoms with Gasteiger partial charge in [0.05, 0.1) is 14.2 Å². The highest BCUT2D eigenvalue weighted by molar-refractivity contribution is 5.96. The van der Waals surface area contributed by atoms with Crippen molar-refractivity contribution in [1.29, 1.82) is 0 Å². The number of para-hydroxylation sites is 1. The maximum Gasteiger partial charge on any atom is 0.331 e. The van der Waals surface area contributed by atoms with E-state index in [1.165, 1.54) is 6.08 Å². The van der Waals surface area contributed by atoms with E-state index in [0.29, 0.717) is 11.5 Å².